The predicted octanol–water partition coefficient (Wildman–Crippen LogP) is 4.79. The number of hydrogen-bond acceptors (Lipinski definition) is 0. The molecule has 0 aliphatic carbocycles. The van der Waals surface area contributed by atoms with Crippen LogP contribution in [0.4, 0.5) is 0 Å². The second-order valence-corrected chi connectivity index (χ2v) is 20.0. The van der Waals surface area contributed by atoms with Gasteiger partial charge in [-0.05, 0) is 0 Å². The van der Waals surface area contributed by atoms with E-state index in [1.807, 2.05) is 0 Å². The molecular weight excluding hydrogens is 534 g/mol. The van der Waals surface area contributed by atoms with Crippen LogP contribution in [0, 0.1) is 9.60 Å². The summed E-state index contributed by atoms with van der Waals surface area (Å²) in [7, 11) is -0.795. The van der Waals surface area contributed by atoms with Crippen LogP contribution in [0.1, 0.15) is 0 Å². The summed E-state index contributed by atoms with van der Waals surface area (Å²) in [6, 6.07) is 54.5. The second kappa shape index (κ2) is 10.9. The maximum atomic E-state index is 4.07. The van der Waals surface area contributed by atoms with Gasteiger partial charge in [-0.3, -0.25) is 0 Å². The van der Waals surface area contributed by atoms with E-state index < -0.39 is 26.3 Å². The first kappa shape index (κ1) is 22.7. The van der Waals surface area contributed by atoms with Crippen LogP contribution in [-0.4, -0.2) is 18.4 Å². The zero-order valence-electron chi connectivity index (χ0n) is 18.9. The summed E-state index contributed by atoms with van der Waals surface area (Å²) in [6.07, 6.45) is 0. The Labute approximate surface area is 208 Å². The van der Waals surface area contributed by atoms with Crippen LogP contribution in [0.15, 0.2) is 152 Å². The van der Waals surface area contributed by atoms with E-state index in [1.54, 1.807) is 0 Å². The molecule has 2 heteroatoms. The molecule has 0 radical (unpaired) electrons. The Morgan fingerprint density at radius 3 is 1.00 bits per heavy atom. The van der Waals surface area contributed by atoms with E-state index in [2.05, 4.69) is 161 Å². The quantitative estimate of drug-likeness (QED) is 0.165. The molecule has 0 amide bonds. The maximum absolute atomic E-state index is 4.07. The SMILES string of the molecule is C(#[C][Sn]([c]1ccccc1)([c]1ccccc1)[c]1ccccc1)P(c1ccccc1)c1ccccc1. The average molecular weight is 559 g/mol. The zero-order chi connectivity index (χ0) is 23.1. The molecule has 0 aliphatic rings. The normalized spacial score (nSPS) is 11.0. The van der Waals surface area contributed by atoms with Gasteiger partial charge in [0.05, 0.1) is 0 Å². The molecule has 0 heterocycles. The first-order chi connectivity index (χ1) is 16.9. The van der Waals surface area contributed by atoms with Gasteiger partial charge in [0.1, 0.15) is 0 Å². The fourth-order valence-electron chi connectivity index (χ4n) is 4.35. The van der Waals surface area contributed by atoms with Gasteiger partial charge in [-0.25, -0.2) is 0 Å². The molecule has 0 bridgehead atoms. The van der Waals surface area contributed by atoms with E-state index in [-0.39, 0.29) is 0 Å². The van der Waals surface area contributed by atoms with Crippen LogP contribution >= 0.6 is 7.92 Å². The molecule has 0 saturated carbocycles. The Kier molecular flexibility index (Phi) is 7.25. The fourth-order valence-corrected chi connectivity index (χ4v) is 18.5. The van der Waals surface area contributed by atoms with E-state index in [0.717, 1.165) is 0 Å². The van der Waals surface area contributed by atoms with Crippen LogP contribution < -0.4 is 21.3 Å². The molecule has 0 fully saturated rings. The van der Waals surface area contributed by atoms with Gasteiger partial charge >= 0.3 is 209 Å². The molecule has 0 N–H and O–H groups in total. The van der Waals surface area contributed by atoms with Gasteiger partial charge in [0, 0.05) is 0 Å². The Hall–Kier alpha value is -3.11. The van der Waals surface area contributed by atoms with E-state index in [0.29, 0.717) is 0 Å². The van der Waals surface area contributed by atoms with Gasteiger partial charge in [-0.2, -0.15) is 0 Å². The number of benzene rings is 5. The molecule has 34 heavy (non-hydrogen) atoms. The molecule has 0 nitrogen and oxygen atoms in total. The van der Waals surface area contributed by atoms with E-state index in [4.69, 9.17) is 0 Å². The minimum atomic E-state index is -3.63. The van der Waals surface area contributed by atoms with Crippen molar-refractivity contribution in [1.29, 1.82) is 0 Å². The Morgan fingerprint density at radius 1 is 0.382 bits per heavy atom. The molecule has 0 saturated heterocycles. The van der Waals surface area contributed by atoms with Crippen molar-refractivity contribution in [3.05, 3.63) is 152 Å². The molecule has 0 unspecified atom stereocenters. The third kappa shape index (κ3) is 4.73. The molecule has 5 rings (SSSR count). The van der Waals surface area contributed by atoms with Crippen LogP contribution in [0.3, 0.4) is 0 Å². The van der Waals surface area contributed by atoms with E-state index >= 15 is 0 Å². The number of hydrogen-bond donors (Lipinski definition) is 0. The Bertz CT molecular complexity index is 1240. The minimum absolute atomic E-state index is 0.795. The predicted molar refractivity (Wildman–Crippen MR) is 151 cm³/mol. The van der Waals surface area contributed by atoms with E-state index in [1.165, 1.54) is 21.3 Å². The zero-order valence-corrected chi connectivity index (χ0v) is 22.6. The van der Waals surface area contributed by atoms with Crippen molar-refractivity contribution in [1.82, 2.24) is 0 Å². The molecule has 5 aromatic rings. The summed E-state index contributed by atoms with van der Waals surface area (Å²) < 4.78 is 8.23. The van der Waals surface area contributed by atoms with Crippen molar-refractivity contribution in [3.8, 4) is 9.60 Å². The summed E-state index contributed by atoms with van der Waals surface area (Å²) in [5.41, 5.74) is 3.90. The molecule has 0 aromatic heterocycles. The summed E-state index contributed by atoms with van der Waals surface area (Å²) in [5.74, 6) is 0. The standard InChI is InChI=1S/C14H10P.3C6H5.Sn/c1-2-15(13-9-5-3-6-10-13)14-11-7-4-8-12-14;3*1-2-4-6-5-3-1;/h3-12H;3*1-5H;. The number of rotatable bonds is 5. The van der Waals surface area contributed by atoms with Crippen molar-refractivity contribution in [2.24, 2.45) is 0 Å². The van der Waals surface area contributed by atoms with Crippen molar-refractivity contribution in [2.45, 2.75) is 0 Å². The Balaban J connectivity index is 1.79. The monoisotopic (exact) mass is 560 g/mol. The van der Waals surface area contributed by atoms with Gasteiger partial charge in [0.2, 0.25) is 0 Å². The Morgan fingerprint density at radius 2 is 0.676 bits per heavy atom. The third-order valence-corrected chi connectivity index (χ3v) is 20.3. The van der Waals surface area contributed by atoms with Crippen LogP contribution in [-0.2, 0) is 0 Å². The summed E-state index contributed by atoms with van der Waals surface area (Å²) in [4.78, 5) is 0. The summed E-state index contributed by atoms with van der Waals surface area (Å²) in [5, 5.41) is 2.59. The van der Waals surface area contributed by atoms with Crippen molar-refractivity contribution in [2.75, 3.05) is 0 Å². The van der Waals surface area contributed by atoms with Crippen LogP contribution in [0.2, 0.25) is 0 Å². The van der Waals surface area contributed by atoms with Gasteiger partial charge in [0.25, 0.3) is 0 Å². The van der Waals surface area contributed by atoms with Gasteiger partial charge in [-0.1, -0.05) is 0 Å². The fraction of sp³-hybridized carbons (Fsp3) is 0. The van der Waals surface area contributed by atoms with Gasteiger partial charge in [-0.15, -0.1) is 0 Å². The topological polar surface area (TPSA) is 0 Å². The van der Waals surface area contributed by atoms with Crippen molar-refractivity contribution >= 4 is 47.6 Å². The average Bonchev–Trinajstić information content (AvgIpc) is 2.94. The van der Waals surface area contributed by atoms with Crippen LogP contribution in [0.25, 0.3) is 0 Å². The first-order valence-electron chi connectivity index (χ1n) is 11.5. The van der Waals surface area contributed by atoms with Crippen molar-refractivity contribution < 1.29 is 0 Å². The van der Waals surface area contributed by atoms with Gasteiger partial charge in [0.15, 0.2) is 0 Å². The molecule has 5 aromatic carbocycles. The molecule has 162 valence electrons. The third-order valence-electron chi connectivity index (χ3n) is 6.00. The molecule has 0 spiro atoms. The molecule has 0 aliphatic heterocycles. The van der Waals surface area contributed by atoms with E-state index in [9.17, 15) is 0 Å². The molecule has 0 atom stereocenters. The van der Waals surface area contributed by atoms with Crippen molar-refractivity contribution in [3.63, 3.8) is 0 Å². The second-order valence-electron chi connectivity index (χ2n) is 8.09. The van der Waals surface area contributed by atoms with Gasteiger partial charge < -0.3 is 0 Å². The molecular formula is C32H25PSn. The van der Waals surface area contributed by atoms with Crippen LogP contribution in [0.5, 0.6) is 0 Å². The first-order valence-corrected chi connectivity index (χ1v) is 18.5. The summed E-state index contributed by atoms with van der Waals surface area (Å²) in [6.45, 7) is 0. The summed E-state index contributed by atoms with van der Waals surface area (Å²) >= 11 is -3.63.